The van der Waals surface area contributed by atoms with E-state index in [1.165, 1.54) is 7.11 Å². The lowest BCUT2D eigenvalue weighted by atomic mass is 10.1. The molecule has 3 N–H and O–H groups in total. The summed E-state index contributed by atoms with van der Waals surface area (Å²) < 4.78 is 10.3. The lowest BCUT2D eigenvalue weighted by molar-refractivity contribution is -0.124. The first kappa shape index (κ1) is 13.1. The molecule has 1 amide bonds. The predicted molar refractivity (Wildman–Crippen MR) is 67.7 cm³/mol. The first-order valence-corrected chi connectivity index (χ1v) is 5.96. The number of hydrogen-bond donors (Lipinski definition) is 2. The zero-order chi connectivity index (χ0) is 13.1. The van der Waals surface area contributed by atoms with Crippen LogP contribution in [0.3, 0.4) is 0 Å². The van der Waals surface area contributed by atoms with E-state index in [0.717, 1.165) is 11.3 Å². The third kappa shape index (κ3) is 2.75. The molecule has 6 heteroatoms. The maximum atomic E-state index is 11.8. The van der Waals surface area contributed by atoms with E-state index in [0.29, 0.717) is 11.6 Å². The Hall–Kier alpha value is -1.30. The fourth-order valence-electron chi connectivity index (χ4n) is 1.84. The minimum atomic E-state index is -0.682. The van der Waals surface area contributed by atoms with Crippen molar-refractivity contribution in [2.24, 2.45) is 5.73 Å². The van der Waals surface area contributed by atoms with Crippen LogP contribution >= 0.6 is 11.6 Å². The summed E-state index contributed by atoms with van der Waals surface area (Å²) >= 11 is 5.92. The van der Waals surface area contributed by atoms with E-state index in [9.17, 15) is 4.79 Å². The Morgan fingerprint density at radius 3 is 3.22 bits per heavy atom. The second kappa shape index (κ2) is 5.56. The van der Waals surface area contributed by atoms with Crippen molar-refractivity contribution in [1.82, 2.24) is 5.32 Å². The number of methoxy groups -OCH3 is 1. The number of carbonyl (C=O) groups is 1. The summed E-state index contributed by atoms with van der Waals surface area (Å²) in [7, 11) is 1.50. The third-order valence-corrected chi connectivity index (χ3v) is 2.99. The van der Waals surface area contributed by atoms with Gasteiger partial charge in [-0.15, -0.1) is 0 Å². The first-order chi connectivity index (χ1) is 8.61. The summed E-state index contributed by atoms with van der Waals surface area (Å²) in [6, 6.07) is 4.43. The monoisotopic (exact) mass is 270 g/mol. The van der Waals surface area contributed by atoms with E-state index in [1.54, 1.807) is 18.2 Å². The highest BCUT2D eigenvalue weighted by Crippen LogP contribution is 2.34. The van der Waals surface area contributed by atoms with Crippen LogP contribution in [0.5, 0.6) is 5.75 Å². The molecule has 0 radical (unpaired) electrons. The molecule has 18 heavy (non-hydrogen) atoms. The van der Waals surface area contributed by atoms with Crippen LogP contribution < -0.4 is 15.8 Å². The lowest BCUT2D eigenvalue weighted by Crippen LogP contribution is -2.45. The van der Waals surface area contributed by atoms with Crippen LogP contribution in [0.1, 0.15) is 11.6 Å². The van der Waals surface area contributed by atoms with E-state index in [4.69, 9.17) is 26.8 Å². The van der Waals surface area contributed by atoms with Gasteiger partial charge in [0.15, 0.2) is 0 Å². The van der Waals surface area contributed by atoms with Crippen molar-refractivity contribution in [3.05, 3.63) is 28.8 Å². The molecule has 1 aliphatic rings. The van der Waals surface area contributed by atoms with Gasteiger partial charge in [-0.2, -0.15) is 0 Å². The number of rotatable bonds is 4. The average Bonchev–Trinajstić information content (AvgIpc) is 2.72. The normalized spacial score (nSPS) is 18.9. The first-order valence-electron chi connectivity index (χ1n) is 5.59. The summed E-state index contributed by atoms with van der Waals surface area (Å²) in [6.45, 7) is 0.572. The number of ether oxygens (including phenoxy) is 2. The van der Waals surface area contributed by atoms with Gasteiger partial charge in [0.2, 0.25) is 5.91 Å². The molecule has 5 nitrogen and oxygen atoms in total. The van der Waals surface area contributed by atoms with Gasteiger partial charge in [0.25, 0.3) is 0 Å². The molecule has 0 saturated carbocycles. The largest absolute Gasteiger partial charge is 0.491 e. The van der Waals surface area contributed by atoms with E-state index in [2.05, 4.69) is 5.32 Å². The number of carbonyl (C=O) groups excluding carboxylic acids is 1. The molecule has 0 fully saturated rings. The van der Waals surface area contributed by atoms with E-state index in [1.807, 2.05) is 0 Å². The van der Waals surface area contributed by atoms with Gasteiger partial charge in [-0.3, -0.25) is 4.79 Å². The zero-order valence-electron chi connectivity index (χ0n) is 9.98. The summed E-state index contributed by atoms with van der Waals surface area (Å²) in [4.78, 5) is 11.8. The van der Waals surface area contributed by atoms with Crippen molar-refractivity contribution in [2.45, 2.75) is 12.1 Å². The number of halogens is 1. The number of nitrogens with one attached hydrogen (secondary N) is 1. The molecule has 1 aromatic rings. The molecule has 98 valence electrons. The van der Waals surface area contributed by atoms with Crippen LogP contribution in [0.4, 0.5) is 0 Å². The van der Waals surface area contributed by atoms with E-state index >= 15 is 0 Å². The zero-order valence-corrected chi connectivity index (χ0v) is 10.7. The molecule has 1 aromatic carbocycles. The van der Waals surface area contributed by atoms with Gasteiger partial charge in [-0.25, -0.2) is 0 Å². The van der Waals surface area contributed by atoms with Crippen molar-refractivity contribution in [1.29, 1.82) is 0 Å². The summed E-state index contributed by atoms with van der Waals surface area (Å²) in [5, 5.41) is 3.43. The minimum Gasteiger partial charge on any atom is -0.491 e. The molecular formula is C12H15ClN2O3. The number of nitrogens with two attached hydrogens (primary N) is 1. The highest BCUT2D eigenvalue weighted by molar-refractivity contribution is 6.30. The third-order valence-electron chi connectivity index (χ3n) is 2.75. The van der Waals surface area contributed by atoms with E-state index < -0.39 is 6.04 Å². The topological polar surface area (TPSA) is 73.6 Å². The van der Waals surface area contributed by atoms with Crippen molar-refractivity contribution in [3.63, 3.8) is 0 Å². The molecule has 1 aliphatic heterocycles. The Morgan fingerprint density at radius 2 is 2.50 bits per heavy atom. The molecule has 2 rings (SSSR count). The average molecular weight is 271 g/mol. The fourth-order valence-corrected chi connectivity index (χ4v) is 2.02. The maximum Gasteiger partial charge on any atom is 0.239 e. The minimum absolute atomic E-state index is 0.182. The summed E-state index contributed by atoms with van der Waals surface area (Å²) in [5.74, 6) is 0.475. The predicted octanol–water partition coefficient (Wildman–Crippen LogP) is 0.863. The quantitative estimate of drug-likeness (QED) is 0.851. The molecule has 0 bridgehead atoms. The number of fused-ring (bicyclic) bond motifs is 1. The molecule has 0 aromatic heterocycles. The van der Waals surface area contributed by atoms with E-state index in [-0.39, 0.29) is 18.6 Å². The van der Waals surface area contributed by atoms with Gasteiger partial charge in [0.1, 0.15) is 18.4 Å². The standard InChI is InChI=1S/C12H15ClN2O3/c1-17-5-9(14)12(16)15-10-6-18-11-3-2-7(13)4-8(10)11/h2-4,9-10H,5-6,14H2,1H3,(H,15,16). The molecule has 0 aliphatic carbocycles. The van der Waals surface area contributed by atoms with Crippen molar-refractivity contribution < 1.29 is 14.3 Å². The van der Waals surface area contributed by atoms with Gasteiger partial charge in [-0.1, -0.05) is 11.6 Å². The Balaban J connectivity index is 2.05. The van der Waals surface area contributed by atoms with Crippen molar-refractivity contribution >= 4 is 17.5 Å². The Kier molecular flexibility index (Phi) is 4.06. The molecule has 0 saturated heterocycles. The van der Waals surface area contributed by atoms with Crippen molar-refractivity contribution in [3.8, 4) is 5.75 Å². The van der Waals surface area contributed by atoms with Gasteiger partial charge >= 0.3 is 0 Å². The Morgan fingerprint density at radius 1 is 1.72 bits per heavy atom. The molecular weight excluding hydrogens is 256 g/mol. The van der Waals surface area contributed by atoms with Crippen LogP contribution in [0.2, 0.25) is 5.02 Å². The van der Waals surface area contributed by atoms with Crippen molar-refractivity contribution in [2.75, 3.05) is 20.3 Å². The molecule has 0 spiro atoms. The molecule has 2 atom stereocenters. The Bertz CT molecular complexity index is 453. The van der Waals surface area contributed by atoms with Crippen LogP contribution in [0, 0.1) is 0 Å². The smallest absolute Gasteiger partial charge is 0.239 e. The van der Waals surface area contributed by atoms with Gasteiger partial charge in [0.05, 0.1) is 12.6 Å². The second-order valence-corrected chi connectivity index (χ2v) is 4.55. The number of benzene rings is 1. The number of amides is 1. The maximum absolute atomic E-state index is 11.8. The number of hydrogen-bond acceptors (Lipinski definition) is 4. The fraction of sp³-hybridized carbons (Fsp3) is 0.417. The van der Waals surface area contributed by atoms with Crippen LogP contribution in [-0.2, 0) is 9.53 Å². The summed E-state index contributed by atoms with van der Waals surface area (Å²) in [5.41, 5.74) is 6.53. The van der Waals surface area contributed by atoms with Gasteiger partial charge < -0.3 is 20.5 Å². The van der Waals surface area contributed by atoms with Crippen LogP contribution in [-0.4, -0.2) is 32.3 Å². The molecule has 1 heterocycles. The van der Waals surface area contributed by atoms with Crippen LogP contribution in [0.15, 0.2) is 18.2 Å². The highest BCUT2D eigenvalue weighted by Gasteiger charge is 2.27. The van der Waals surface area contributed by atoms with Gasteiger partial charge in [-0.05, 0) is 18.2 Å². The van der Waals surface area contributed by atoms with Crippen LogP contribution in [0.25, 0.3) is 0 Å². The Labute approximate surface area is 110 Å². The van der Waals surface area contributed by atoms with Gasteiger partial charge in [0, 0.05) is 17.7 Å². The SMILES string of the molecule is COCC(N)C(=O)NC1COc2ccc(Cl)cc21. The summed E-state index contributed by atoms with van der Waals surface area (Å²) in [6.07, 6.45) is 0. The lowest BCUT2D eigenvalue weighted by Gasteiger charge is -2.15. The highest BCUT2D eigenvalue weighted by atomic mass is 35.5. The molecule has 2 unspecified atom stereocenters. The second-order valence-electron chi connectivity index (χ2n) is 4.12.